The lowest BCUT2D eigenvalue weighted by molar-refractivity contribution is -0.123. The molecule has 0 aromatic heterocycles. The van der Waals surface area contributed by atoms with E-state index in [0.717, 1.165) is 5.56 Å². The van der Waals surface area contributed by atoms with Crippen LogP contribution in [0.3, 0.4) is 0 Å². The van der Waals surface area contributed by atoms with Crippen molar-refractivity contribution in [1.29, 1.82) is 0 Å². The van der Waals surface area contributed by atoms with Crippen molar-refractivity contribution in [3.05, 3.63) is 95.0 Å². The van der Waals surface area contributed by atoms with Crippen LogP contribution < -0.4 is 10.1 Å². The summed E-state index contributed by atoms with van der Waals surface area (Å²) in [6, 6.07) is 23.1. The fourth-order valence-electron chi connectivity index (χ4n) is 2.55. The highest BCUT2D eigenvalue weighted by molar-refractivity contribution is 6.30. The largest absolute Gasteiger partial charge is 0.488 e. The number of hydrogen-bond acceptors (Lipinski definition) is 4. The second kappa shape index (κ2) is 9.75. The highest BCUT2D eigenvalue weighted by atomic mass is 35.5. The number of esters is 1. The Morgan fingerprint density at radius 2 is 1.59 bits per heavy atom. The molecule has 0 radical (unpaired) electrons. The van der Waals surface area contributed by atoms with E-state index < -0.39 is 18.0 Å². The van der Waals surface area contributed by atoms with E-state index in [0.29, 0.717) is 23.1 Å². The molecule has 0 saturated carbocycles. The van der Waals surface area contributed by atoms with Crippen LogP contribution in [0.1, 0.15) is 22.8 Å². The van der Waals surface area contributed by atoms with Crippen LogP contribution in [0.4, 0.5) is 5.69 Å². The minimum absolute atomic E-state index is 0.259. The standard InChI is InChI=1S/C23H20ClNO4/c1-16(22(26)25-19-13-11-18(24)12-14-19)29-23(27)20-9-5-6-10-21(20)28-15-17-7-3-2-4-8-17/h2-14,16H,15H2,1H3,(H,25,26)/t16-/m1/s1. The van der Waals surface area contributed by atoms with Gasteiger partial charge in [0.05, 0.1) is 0 Å². The SMILES string of the molecule is C[C@@H](OC(=O)c1ccccc1OCc1ccccc1)C(=O)Nc1ccc(Cl)cc1. The molecule has 0 fully saturated rings. The molecular weight excluding hydrogens is 390 g/mol. The molecule has 0 unspecified atom stereocenters. The van der Waals surface area contributed by atoms with Crippen LogP contribution in [0.2, 0.25) is 5.02 Å². The molecule has 0 spiro atoms. The highest BCUT2D eigenvalue weighted by Gasteiger charge is 2.21. The second-order valence-electron chi connectivity index (χ2n) is 6.31. The van der Waals surface area contributed by atoms with Crippen molar-refractivity contribution < 1.29 is 19.1 Å². The van der Waals surface area contributed by atoms with Crippen molar-refractivity contribution in [1.82, 2.24) is 0 Å². The van der Waals surface area contributed by atoms with E-state index in [1.165, 1.54) is 6.92 Å². The number of ether oxygens (including phenoxy) is 2. The summed E-state index contributed by atoms with van der Waals surface area (Å²) in [5.41, 5.74) is 1.80. The first kappa shape index (κ1) is 20.4. The van der Waals surface area contributed by atoms with E-state index in [1.54, 1.807) is 48.5 Å². The third-order valence-corrected chi connectivity index (χ3v) is 4.36. The maximum Gasteiger partial charge on any atom is 0.342 e. The molecule has 6 heteroatoms. The van der Waals surface area contributed by atoms with E-state index in [9.17, 15) is 9.59 Å². The van der Waals surface area contributed by atoms with Gasteiger partial charge in [-0.2, -0.15) is 0 Å². The summed E-state index contributed by atoms with van der Waals surface area (Å²) in [6.45, 7) is 1.83. The molecular formula is C23H20ClNO4. The van der Waals surface area contributed by atoms with Gasteiger partial charge in [0, 0.05) is 10.7 Å². The number of halogens is 1. The molecule has 0 aliphatic carbocycles. The van der Waals surface area contributed by atoms with Gasteiger partial charge in [-0.15, -0.1) is 0 Å². The maximum atomic E-state index is 12.6. The molecule has 1 N–H and O–H groups in total. The molecule has 1 atom stereocenters. The molecule has 0 saturated heterocycles. The van der Waals surface area contributed by atoms with Gasteiger partial charge < -0.3 is 14.8 Å². The summed E-state index contributed by atoms with van der Waals surface area (Å²) >= 11 is 5.83. The van der Waals surface area contributed by atoms with Gasteiger partial charge in [0.2, 0.25) is 0 Å². The predicted octanol–water partition coefficient (Wildman–Crippen LogP) is 5.10. The molecule has 3 aromatic rings. The summed E-state index contributed by atoms with van der Waals surface area (Å²) < 4.78 is 11.1. The molecule has 0 bridgehead atoms. The van der Waals surface area contributed by atoms with E-state index in [1.807, 2.05) is 30.3 Å². The Morgan fingerprint density at radius 3 is 2.31 bits per heavy atom. The van der Waals surface area contributed by atoms with Crippen LogP contribution in [0, 0.1) is 0 Å². The summed E-state index contributed by atoms with van der Waals surface area (Å²) in [7, 11) is 0. The smallest absolute Gasteiger partial charge is 0.342 e. The fourth-order valence-corrected chi connectivity index (χ4v) is 2.68. The molecule has 148 valence electrons. The Hall–Kier alpha value is -3.31. The van der Waals surface area contributed by atoms with Gasteiger partial charge in [0.1, 0.15) is 17.9 Å². The first-order valence-electron chi connectivity index (χ1n) is 9.06. The molecule has 3 rings (SSSR count). The van der Waals surface area contributed by atoms with Gasteiger partial charge in [0.25, 0.3) is 5.91 Å². The zero-order valence-electron chi connectivity index (χ0n) is 15.8. The zero-order valence-corrected chi connectivity index (χ0v) is 16.6. The number of hydrogen-bond donors (Lipinski definition) is 1. The average Bonchev–Trinajstić information content (AvgIpc) is 2.74. The van der Waals surface area contributed by atoms with E-state index in [-0.39, 0.29) is 5.56 Å². The predicted molar refractivity (Wildman–Crippen MR) is 112 cm³/mol. The third kappa shape index (κ3) is 5.83. The number of nitrogens with one attached hydrogen (secondary N) is 1. The number of rotatable bonds is 7. The average molecular weight is 410 g/mol. The van der Waals surface area contributed by atoms with Crippen molar-refractivity contribution in [3.63, 3.8) is 0 Å². The Kier molecular flexibility index (Phi) is 6.87. The molecule has 5 nitrogen and oxygen atoms in total. The van der Waals surface area contributed by atoms with E-state index >= 15 is 0 Å². The van der Waals surface area contributed by atoms with Crippen molar-refractivity contribution in [3.8, 4) is 5.75 Å². The summed E-state index contributed by atoms with van der Waals surface area (Å²) in [4.78, 5) is 24.9. The summed E-state index contributed by atoms with van der Waals surface area (Å²) in [5.74, 6) is -0.678. The second-order valence-corrected chi connectivity index (χ2v) is 6.75. The first-order chi connectivity index (χ1) is 14.0. The van der Waals surface area contributed by atoms with Crippen molar-refractivity contribution in [2.75, 3.05) is 5.32 Å². The number of benzene rings is 3. The number of carbonyl (C=O) groups is 2. The van der Waals surface area contributed by atoms with Crippen LogP contribution in [-0.2, 0) is 16.1 Å². The highest BCUT2D eigenvalue weighted by Crippen LogP contribution is 2.21. The maximum absolute atomic E-state index is 12.6. The van der Waals surface area contributed by atoms with Crippen LogP contribution in [0.5, 0.6) is 5.75 Å². The van der Waals surface area contributed by atoms with E-state index in [2.05, 4.69) is 5.32 Å². The lowest BCUT2D eigenvalue weighted by Gasteiger charge is -2.15. The minimum atomic E-state index is -0.986. The van der Waals surface area contributed by atoms with Gasteiger partial charge >= 0.3 is 5.97 Å². The lowest BCUT2D eigenvalue weighted by atomic mass is 10.2. The topological polar surface area (TPSA) is 64.6 Å². The quantitative estimate of drug-likeness (QED) is 0.551. The van der Waals surface area contributed by atoms with Crippen molar-refractivity contribution in [2.24, 2.45) is 0 Å². The van der Waals surface area contributed by atoms with Crippen LogP contribution in [0.15, 0.2) is 78.9 Å². The monoisotopic (exact) mass is 409 g/mol. The Morgan fingerprint density at radius 1 is 0.931 bits per heavy atom. The third-order valence-electron chi connectivity index (χ3n) is 4.11. The van der Waals surface area contributed by atoms with Crippen molar-refractivity contribution in [2.45, 2.75) is 19.6 Å². The lowest BCUT2D eigenvalue weighted by Crippen LogP contribution is -2.30. The molecule has 0 aliphatic rings. The number of anilines is 1. The van der Waals surface area contributed by atoms with Gasteiger partial charge in [-0.05, 0) is 48.9 Å². The van der Waals surface area contributed by atoms with Crippen LogP contribution in [0.25, 0.3) is 0 Å². The van der Waals surface area contributed by atoms with Gasteiger partial charge in [-0.1, -0.05) is 54.1 Å². The fraction of sp³-hybridized carbons (Fsp3) is 0.130. The van der Waals surface area contributed by atoms with Crippen LogP contribution >= 0.6 is 11.6 Å². The van der Waals surface area contributed by atoms with Crippen molar-refractivity contribution >= 4 is 29.2 Å². The summed E-state index contributed by atoms with van der Waals surface area (Å²) in [5, 5.41) is 3.25. The summed E-state index contributed by atoms with van der Waals surface area (Å²) in [6.07, 6.45) is -0.986. The molecule has 0 aliphatic heterocycles. The molecule has 29 heavy (non-hydrogen) atoms. The Balaban J connectivity index is 1.62. The molecule has 1 amide bonds. The van der Waals surface area contributed by atoms with Gasteiger partial charge in [0.15, 0.2) is 6.10 Å². The Bertz CT molecular complexity index is 974. The molecule has 3 aromatic carbocycles. The minimum Gasteiger partial charge on any atom is -0.488 e. The van der Waals surface area contributed by atoms with E-state index in [4.69, 9.17) is 21.1 Å². The van der Waals surface area contributed by atoms with Gasteiger partial charge in [-0.3, -0.25) is 4.79 Å². The number of carbonyl (C=O) groups excluding carboxylic acids is 2. The number of para-hydroxylation sites is 1. The number of amides is 1. The first-order valence-corrected chi connectivity index (χ1v) is 9.44. The molecule has 0 heterocycles. The zero-order chi connectivity index (χ0) is 20.6. The van der Waals surface area contributed by atoms with Gasteiger partial charge in [-0.25, -0.2) is 4.79 Å². The van der Waals surface area contributed by atoms with Crippen LogP contribution in [-0.4, -0.2) is 18.0 Å². The normalized spacial score (nSPS) is 11.4. The Labute approximate surface area is 174 Å².